The van der Waals surface area contributed by atoms with Gasteiger partial charge in [-0.1, -0.05) is 23.2 Å². The fourth-order valence-electron chi connectivity index (χ4n) is 3.19. The molecule has 0 amide bonds. The van der Waals surface area contributed by atoms with E-state index in [0.29, 0.717) is 6.04 Å². The van der Waals surface area contributed by atoms with Crippen LogP contribution in [0.15, 0.2) is 18.2 Å². The fourth-order valence-corrected chi connectivity index (χ4v) is 3.65. The van der Waals surface area contributed by atoms with Crippen LogP contribution >= 0.6 is 23.2 Å². The third kappa shape index (κ3) is 4.59. The molecule has 1 heterocycles. The molecule has 0 saturated carbocycles. The normalized spacial score (nSPS) is 18.4. The predicted octanol–water partition coefficient (Wildman–Crippen LogP) is 4.76. The minimum absolute atomic E-state index is 0.283. The first-order chi connectivity index (χ1) is 9.99. The second kappa shape index (κ2) is 7.82. The van der Waals surface area contributed by atoms with E-state index in [9.17, 15) is 0 Å². The van der Waals surface area contributed by atoms with Crippen LogP contribution in [0.25, 0.3) is 0 Å². The van der Waals surface area contributed by atoms with Crippen LogP contribution in [0.4, 0.5) is 0 Å². The molecule has 1 aliphatic heterocycles. The number of nitrogens with zero attached hydrogens (tertiary/aromatic N) is 1. The van der Waals surface area contributed by atoms with Crippen LogP contribution in [0.1, 0.15) is 45.2 Å². The van der Waals surface area contributed by atoms with Gasteiger partial charge in [0.05, 0.1) is 0 Å². The van der Waals surface area contributed by atoms with Crippen molar-refractivity contribution >= 4 is 23.2 Å². The average Bonchev–Trinajstić information content (AvgIpc) is 2.47. The van der Waals surface area contributed by atoms with Gasteiger partial charge in [0.25, 0.3) is 0 Å². The Morgan fingerprint density at radius 3 is 2.48 bits per heavy atom. The molecule has 2 rings (SSSR count). The molecule has 0 bridgehead atoms. The van der Waals surface area contributed by atoms with E-state index >= 15 is 0 Å². The zero-order valence-electron chi connectivity index (χ0n) is 13.2. The molecule has 1 N–H and O–H groups in total. The van der Waals surface area contributed by atoms with E-state index in [4.69, 9.17) is 23.2 Å². The highest BCUT2D eigenvalue weighted by Gasteiger charge is 2.25. The first-order valence-electron chi connectivity index (χ1n) is 7.90. The lowest BCUT2D eigenvalue weighted by molar-refractivity contribution is 0.125. The van der Waals surface area contributed by atoms with Gasteiger partial charge >= 0.3 is 0 Å². The number of piperidine rings is 1. The van der Waals surface area contributed by atoms with Gasteiger partial charge < -0.3 is 5.32 Å². The standard InChI is InChI=1S/C17H26Cl2N2/c1-12(2)21(11-14-6-8-20-9-7-14)13(3)16-10-15(18)4-5-17(16)19/h4-5,10,12-14,20H,6-9,11H2,1-3H3. The Hall–Kier alpha value is -0.280. The number of nitrogens with one attached hydrogen (secondary N) is 1. The molecule has 2 nitrogen and oxygen atoms in total. The molecule has 4 heteroatoms. The minimum atomic E-state index is 0.283. The second-order valence-corrected chi connectivity index (χ2v) is 7.17. The molecule has 1 aromatic carbocycles. The monoisotopic (exact) mass is 328 g/mol. The maximum absolute atomic E-state index is 6.39. The zero-order valence-corrected chi connectivity index (χ0v) is 14.7. The second-order valence-electron chi connectivity index (χ2n) is 6.33. The van der Waals surface area contributed by atoms with Crippen molar-refractivity contribution in [2.45, 2.75) is 45.7 Å². The summed E-state index contributed by atoms with van der Waals surface area (Å²) in [5.41, 5.74) is 1.13. The molecule has 1 aromatic rings. The van der Waals surface area contributed by atoms with Gasteiger partial charge in [0, 0.05) is 28.7 Å². The smallest absolute Gasteiger partial charge is 0.0454 e. The summed E-state index contributed by atoms with van der Waals surface area (Å²) < 4.78 is 0. The summed E-state index contributed by atoms with van der Waals surface area (Å²) >= 11 is 12.5. The molecule has 0 spiro atoms. The Morgan fingerprint density at radius 2 is 1.86 bits per heavy atom. The number of hydrogen-bond acceptors (Lipinski definition) is 2. The maximum atomic E-state index is 6.39. The van der Waals surface area contributed by atoms with E-state index in [1.165, 1.54) is 12.8 Å². The number of benzene rings is 1. The van der Waals surface area contributed by atoms with E-state index in [1.807, 2.05) is 18.2 Å². The third-order valence-electron chi connectivity index (χ3n) is 4.50. The topological polar surface area (TPSA) is 15.3 Å². The van der Waals surface area contributed by atoms with Crippen LogP contribution in [-0.2, 0) is 0 Å². The van der Waals surface area contributed by atoms with E-state index in [2.05, 4.69) is 31.0 Å². The van der Waals surface area contributed by atoms with Gasteiger partial charge in [-0.2, -0.15) is 0 Å². The first-order valence-corrected chi connectivity index (χ1v) is 8.66. The number of rotatable bonds is 5. The van der Waals surface area contributed by atoms with Crippen molar-refractivity contribution in [3.63, 3.8) is 0 Å². The largest absolute Gasteiger partial charge is 0.317 e. The van der Waals surface area contributed by atoms with E-state index in [1.54, 1.807) is 0 Å². The Kier molecular flexibility index (Phi) is 6.36. The highest BCUT2D eigenvalue weighted by molar-refractivity contribution is 6.33. The zero-order chi connectivity index (χ0) is 15.4. The van der Waals surface area contributed by atoms with Gasteiger partial charge in [-0.25, -0.2) is 0 Å². The predicted molar refractivity (Wildman–Crippen MR) is 92.3 cm³/mol. The molecule has 118 valence electrons. The van der Waals surface area contributed by atoms with E-state index in [0.717, 1.165) is 41.2 Å². The summed E-state index contributed by atoms with van der Waals surface area (Å²) in [7, 11) is 0. The SMILES string of the molecule is CC(C)N(CC1CCNCC1)C(C)c1cc(Cl)ccc1Cl. The fraction of sp³-hybridized carbons (Fsp3) is 0.647. The van der Waals surface area contributed by atoms with Crippen LogP contribution in [0.2, 0.25) is 10.0 Å². The highest BCUT2D eigenvalue weighted by Crippen LogP contribution is 2.32. The Labute approximate surface area is 138 Å². The summed E-state index contributed by atoms with van der Waals surface area (Å²) in [4.78, 5) is 2.55. The van der Waals surface area contributed by atoms with Crippen LogP contribution in [0.5, 0.6) is 0 Å². The third-order valence-corrected chi connectivity index (χ3v) is 5.08. The molecular formula is C17H26Cl2N2. The molecule has 1 saturated heterocycles. The van der Waals surface area contributed by atoms with Crippen LogP contribution in [0, 0.1) is 5.92 Å². The quantitative estimate of drug-likeness (QED) is 0.837. The van der Waals surface area contributed by atoms with Gasteiger partial charge in [0.15, 0.2) is 0 Å². The van der Waals surface area contributed by atoms with Crippen LogP contribution in [0.3, 0.4) is 0 Å². The molecule has 1 aliphatic rings. The van der Waals surface area contributed by atoms with Crippen molar-refractivity contribution in [2.75, 3.05) is 19.6 Å². The molecule has 21 heavy (non-hydrogen) atoms. The lowest BCUT2D eigenvalue weighted by atomic mass is 9.95. The Balaban J connectivity index is 2.14. The molecule has 1 atom stereocenters. The molecule has 0 radical (unpaired) electrons. The summed E-state index contributed by atoms with van der Waals surface area (Å²) in [6, 6.07) is 6.54. The maximum Gasteiger partial charge on any atom is 0.0454 e. The van der Waals surface area contributed by atoms with Crippen molar-refractivity contribution in [1.82, 2.24) is 10.2 Å². The van der Waals surface area contributed by atoms with E-state index < -0.39 is 0 Å². The lowest BCUT2D eigenvalue weighted by Crippen LogP contribution is -2.40. The van der Waals surface area contributed by atoms with Gasteiger partial charge in [-0.3, -0.25) is 4.90 Å². The van der Waals surface area contributed by atoms with Gasteiger partial charge in [0.1, 0.15) is 0 Å². The lowest BCUT2D eigenvalue weighted by Gasteiger charge is -2.37. The number of halogens is 2. The van der Waals surface area contributed by atoms with Crippen LogP contribution in [-0.4, -0.2) is 30.6 Å². The van der Waals surface area contributed by atoms with Crippen molar-refractivity contribution in [1.29, 1.82) is 0 Å². The van der Waals surface area contributed by atoms with Crippen LogP contribution < -0.4 is 5.32 Å². The first kappa shape index (κ1) is 17.1. The molecule has 1 fully saturated rings. The van der Waals surface area contributed by atoms with Crippen molar-refractivity contribution in [3.05, 3.63) is 33.8 Å². The van der Waals surface area contributed by atoms with Gasteiger partial charge in [-0.05, 0) is 76.4 Å². The highest BCUT2D eigenvalue weighted by atomic mass is 35.5. The van der Waals surface area contributed by atoms with Crippen molar-refractivity contribution in [2.24, 2.45) is 5.92 Å². The van der Waals surface area contributed by atoms with Gasteiger partial charge in [-0.15, -0.1) is 0 Å². The van der Waals surface area contributed by atoms with E-state index in [-0.39, 0.29) is 6.04 Å². The molecule has 0 aromatic heterocycles. The minimum Gasteiger partial charge on any atom is -0.317 e. The summed E-state index contributed by atoms with van der Waals surface area (Å²) in [5, 5.41) is 5.00. The molecule has 0 aliphatic carbocycles. The van der Waals surface area contributed by atoms with Crippen molar-refractivity contribution < 1.29 is 0 Å². The summed E-state index contributed by atoms with van der Waals surface area (Å²) in [6.07, 6.45) is 2.53. The summed E-state index contributed by atoms with van der Waals surface area (Å²) in [5.74, 6) is 0.772. The molecular weight excluding hydrogens is 303 g/mol. The Morgan fingerprint density at radius 1 is 1.19 bits per heavy atom. The van der Waals surface area contributed by atoms with Crippen molar-refractivity contribution in [3.8, 4) is 0 Å². The Bertz CT molecular complexity index is 456. The average molecular weight is 329 g/mol. The summed E-state index contributed by atoms with van der Waals surface area (Å²) in [6.45, 7) is 10.2. The molecule has 1 unspecified atom stereocenters. The van der Waals surface area contributed by atoms with Gasteiger partial charge in [0.2, 0.25) is 0 Å². The number of hydrogen-bond donors (Lipinski definition) is 1.